The van der Waals surface area contributed by atoms with Gasteiger partial charge in [0.15, 0.2) is 0 Å². The molecule has 1 heterocycles. The molecule has 1 saturated heterocycles. The zero-order valence-corrected chi connectivity index (χ0v) is 17.1. The number of benzene rings is 2. The Morgan fingerprint density at radius 1 is 1.07 bits per heavy atom. The largest absolute Gasteiger partial charge is 0.496 e. The Kier molecular flexibility index (Phi) is 6.36. The molecule has 2 aromatic rings. The molecule has 0 bridgehead atoms. The lowest BCUT2D eigenvalue weighted by Gasteiger charge is -2.25. The highest BCUT2D eigenvalue weighted by Crippen LogP contribution is 2.22. The fourth-order valence-corrected chi connectivity index (χ4v) is 4.92. The van der Waals surface area contributed by atoms with Gasteiger partial charge in [-0.2, -0.15) is 4.31 Å². The predicted molar refractivity (Wildman–Crippen MR) is 109 cm³/mol. The highest BCUT2D eigenvalue weighted by Gasteiger charge is 2.25. The Morgan fingerprint density at radius 2 is 1.75 bits per heavy atom. The van der Waals surface area contributed by atoms with Gasteiger partial charge in [-0.3, -0.25) is 4.79 Å². The summed E-state index contributed by atoms with van der Waals surface area (Å²) < 4.78 is 32.1. The minimum absolute atomic E-state index is 0.156. The molecule has 1 fully saturated rings. The van der Waals surface area contributed by atoms with Crippen LogP contribution in [0.3, 0.4) is 0 Å². The molecule has 0 spiro atoms. The van der Waals surface area contributed by atoms with Crippen molar-refractivity contribution in [2.75, 3.05) is 25.5 Å². The minimum atomic E-state index is -3.46. The van der Waals surface area contributed by atoms with Crippen LogP contribution in [0.25, 0.3) is 0 Å². The maximum atomic E-state index is 12.7. The summed E-state index contributed by atoms with van der Waals surface area (Å²) in [6.07, 6.45) is 3.11. The number of carbonyl (C=O) groups excluding carboxylic acids is 1. The van der Waals surface area contributed by atoms with Crippen LogP contribution in [-0.2, 0) is 21.2 Å². The van der Waals surface area contributed by atoms with Crippen LogP contribution in [0.15, 0.2) is 47.4 Å². The molecule has 1 aliphatic heterocycles. The molecule has 1 N–H and O–H groups in total. The van der Waals surface area contributed by atoms with E-state index < -0.39 is 10.0 Å². The zero-order valence-electron chi connectivity index (χ0n) is 16.3. The summed E-state index contributed by atoms with van der Waals surface area (Å²) >= 11 is 0. The third-order valence-corrected chi connectivity index (χ3v) is 6.83. The summed E-state index contributed by atoms with van der Waals surface area (Å²) in [5, 5.41) is 2.82. The molecule has 0 radical (unpaired) electrons. The van der Waals surface area contributed by atoms with Crippen LogP contribution in [0.2, 0.25) is 0 Å². The minimum Gasteiger partial charge on any atom is -0.496 e. The topological polar surface area (TPSA) is 75.7 Å². The number of hydrogen-bond acceptors (Lipinski definition) is 4. The van der Waals surface area contributed by atoms with Gasteiger partial charge in [0.05, 0.1) is 18.4 Å². The van der Waals surface area contributed by atoms with Crippen molar-refractivity contribution in [1.29, 1.82) is 0 Å². The van der Waals surface area contributed by atoms with Crippen LogP contribution in [0.4, 0.5) is 5.69 Å². The van der Waals surface area contributed by atoms with Crippen LogP contribution in [0.1, 0.15) is 30.4 Å². The summed E-state index contributed by atoms with van der Waals surface area (Å²) in [5.41, 5.74) is 2.44. The summed E-state index contributed by atoms with van der Waals surface area (Å²) in [5.74, 6) is 0.630. The first-order valence-corrected chi connectivity index (χ1v) is 10.9. The molecule has 3 rings (SSSR count). The maximum absolute atomic E-state index is 12.7. The van der Waals surface area contributed by atoms with E-state index in [0.717, 1.165) is 36.1 Å². The highest BCUT2D eigenvalue weighted by atomic mass is 32.2. The van der Waals surface area contributed by atoms with Crippen molar-refractivity contribution >= 4 is 21.6 Å². The van der Waals surface area contributed by atoms with Crippen molar-refractivity contribution in [3.8, 4) is 5.75 Å². The van der Waals surface area contributed by atoms with E-state index in [0.29, 0.717) is 18.8 Å². The van der Waals surface area contributed by atoms with Crippen LogP contribution in [0.5, 0.6) is 5.75 Å². The number of rotatable bonds is 6. The van der Waals surface area contributed by atoms with Crippen molar-refractivity contribution in [3.05, 3.63) is 53.6 Å². The number of methoxy groups -OCH3 is 1. The summed E-state index contributed by atoms with van der Waals surface area (Å²) in [6, 6.07) is 12.0. The van der Waals surface area contributed by atoms with Crippen LogP contribution in [-0.4, -0.2) is 38.8 Å². The molecule has 28 heavy (non-hydrogen) atoms. The van der Waals surface area contributed by atoms with Crippen LogP contribution >= 0.6 is 0 Å². The second-order valence-electron chi connectivity index (χ2n) is 7.02. The third-order valence-electron chi connectivity index (χ3n) is 4.91. The van der Waals surface area contributed by atoms with Gasteiger partial charge in [0.25, 0.3) is 0 Å². The average molecular weight is 403 g/mol. The average Bonchev–Trinajstić information content (AvgIpc) is 2.69. The van der Waals surface area contributed by atoms with Gasteiger partial charge in [-0.15, -0.1) is 0 Å². The number of carbonyl (C=O) groups is 1. The number of nitrogens with one attached hydrogen (secondary N) is 1. The van der Waals surface area contributed by atoms with Crippen molar-refractivity contribution in [3.63, 3.8) is 0 Å². The first-order chi connectivity index (χ1) is 13.4. The molecule has 7 heteroatoms. The van der Waals surface area contributed by atoms with Gasteiger partial charge < -0.3 is 10.1 Å². The maximum Gasteiger partial charge on any atom is 0.243 e. The molecule has 1 amide bonds. The van der Waals surface area contributed by atoms with E-state index in [4.69, 9.17) is 4.74 Å². The SMILES string of the molecule is COc1ccc(CC(=O)Nc2ccc(S(=O)(=O)N3CCCCC3)cc2)cc1C. The monoisotopic (exact) mass is 402 g/mol. The van der Waals surface area contributed by atoms with E-state index in [9.17, 15) is 13.2 Å². The zero-order chi connectivity index (χ0) is 20.1. The second-order valence-corrected chi connectivity index (χ2v) is 8.96. The van der Waals surface area contributed by atoms with Gasteiger partial charge in [0.1, 0.15) is 5.75 Å². The Balaban J connectivity index is 1.63. The number of piperidine rings is 1. The summed E-state index contributed by atoms with van der Waals surface area (Å²) in [4.78, 5) is 12.6. The van der Waals surface area contributed by atoms with E-state index in [1.54, 1.807) is 31.4 Å². The lowest BCUT2D eigenvalue weighted by Crippen LogP contribution is -2.35. The normalized spacial score (nSPS) is 15.2. The molecule has 0 unspecified atom stereocenters. The number of sulfonamides is 1. The van der Waals surface area contributed by atoms with Crippen molar-refractivity contribution in [2.24, 2.45) is 0 Å². The Labute approximate surface area is 166 Å². The van der Waals surface area contributed by atoms with E-state index in [1.807, 2.05) is 25.1 Å². The van der Waals surface area contributed by atoms with Crippen molar-refractivity contribution in [2.45, 2.75) is 37.5 Å². The molecule has 150 valence electrons. The van der Waals surface area contributed by atoms with Gasteiger partial charge in [0, 0.05) is 18.8 Å². The third kappa shape index (κ3) is 4.72. The Bertz CT molecular complexity index is 933. The standard InChI is InChI=1S/C21H26N2O4S/c1-16-14-17(6-11-20(16)27-2)15-21(24)22-18-7-9-19(10-8-18)28(25,26)23-12-4-3-5-13-23/h6-11,14H,3-5,12-13,15H2,1-2H3,(H,22,24). The quantitative estimate of drug-likeness (QED) is 0.804. The predicted octanol–water partition coefficient (Wildman–Crippen LogP) is 3.36. The molecule has 6 nitrogen and oxygen atoms in total. The van der Waals surface area contributed by atoms with E-state index in [2.05, 4.69) is 5.32 Å². The van der Waals surface area contributed by atoms with E-state index in [1.165, 1.54) is 4.31 Å². The number of hydrogen-bond donors (Lipinski definition) is 1. The smallest absolute Gasteiger partial charge is 0.243 e. The number of anilines is 1. The molecule has 0 saturated carbocycles. The fourth-order valence-electron chi connectivity index (χ4n) is 3.41. The molecule has 0 aromatic heterocycles. The molecular formula is C21H26N2O4S. The van der Waals surface area contributed by atoms with Crippen LogP contribution < -0.4 is 10.1 Å². The van der Waals surface area contributed by atoms with Crippen LogP contribution in [0, 0.1) is 6.92 Å². The highest BCUT2D eigenvalue weighted by molar-refractivity contribution is 7.89. The van der Waals surface area contributed by atoms with Crippen molar-refractivity contribution < 1.29 is 17.9 Å². The van der Waals surface area contributed by atoms with Crippen molar-refractivity contribution in [1.82, 2.24) is 4.31 Å². The Hall–Kier alpha value is -2.38. The molecule has 0 aliphatic carbocycles. The van der Waals surface area contributed by atoms with E-state index >= 15 is 0 Å². The van der Waals surface area contributed by atoms with Gasteiger partial charge in [-0.1, -0.05) is 18.6 Å². The first-order valence-electron chi connectivity index (χ1n) is 9.44. The molecule has 2 aromatic carbocycles. The van der Waals surface area contributed by atoms with Gasteiger partial charge in [-0.05, 0) is 61.2 Å². The number of nitrogens with zero attached hydrogens (tertiary/aromatic N) is 1. The van der Waals surface area contributed by atoms with E-state index in [-0.39, 0.29) is 17.2 Å². The molecule has 1 aliphatic rings. The van der Waals surface area contributed by atoms with Gasteiger partial charge in [0.2, 0.25) is 15.9 Å². The fraction of sp³-hybridized carbons (Fsp3) is 0.381. The molecule has 0 atom stereocenters. The lowest BCUT2D eigenvalue weighted by atomic mass is 10.1. The summed E-state index contributed by atoms with van der Waals surface area (Å²) in [7, 11) is -1.84. The molecular weight excluding hydrogens is 376 g/mol. The second kappa shape index (κ2) is 8.75. The number of ether oxygens (including phenoxy) is 1. The summed E-state index contributed by atoms with van der Waals surface area (Å²) in [6.45, 7) is 3.08. The number of aryl methyl sites for hydroxylation is 1. The Morgan fingerprint density at radius 3 is 2.36 bits per heavy atom. The van der Waals surface area contributed by atoms with Gasteiger partial charge >= 0.3 is 0 Å². The lowest BCUT2D eigenvalue weighted by molar-refractivity contribution is -0.115. The number of amides is 1. The first kappa shape index (κ1) is 20.4. The van der Waals surface area contributed by atoms with Gasteiger partial charge in [-0.25, -0.2) is 8.42 Å².